The van der Waals surface area contributed by atoms with Crippen molar-refractivity contribution in [3.63, 3.8) is 0 Å². The third kappa shape index (κ3) is 6.08. The van der Waals surface area contributed by atoms with Crippen LogP contribution in [0.15, 0.2) is 30.3 Å². The number of hydrogen-bond acceptors (Lipinski definition) is 3. The third-order valence-corrected chi connectivity index (χ3v) is 3.62. The zero-order valence-electron chi connectivity index (χ0n) is 12.5. The smallest absolute Gasteiger partial charge is 0.324 e. The fourth-order valence-electron chi connectivity index (χ4n) is 1.86. The SMILES string of the molecule is CSCCN(C)C(=O)N(CCCC(=O)O)c1ccccc1. The molecule has 0 bridgehead atoms. The number of carbonyl (C=O) groups excluding carboxylic acids is 1. The molecule has 1 rings (SSSR count). The predicted octanol–water partition coefficient (Wildman–Crippen LogP) is 2.77. The number of nitrogens with zero attached hydrogens (tertiary/aromatic N) is 2. The zero-order valence-corrected chi connectivity index (χ0v) is 13.3. The minimum atomic E-state index is -0.841. The summed E-state index contributed by atoms with van der Waals surface area (Å²) < 4.78 is 0. The second kappa shape index (κ2) is 9.28. The fraction of sp³-hybridized carbons (Fsp3) is 0.467. The van der Waals surface area contributed by atoms with Crippen molar-refractivity contribution in [1.82, 2.24) is 4.90 Å². The summed E-state index contributed by atoms with van der Waals surface area (Å²) in [4.78, 5) is 26.5. The van der Waals surface area contributed by atoms with Gasteiger partial charge in [-0.3, -0.25) is 9.69 Å². The summed E-state index contributed by atoms with van der Waals surface area (Å²) in [7, 11) is 1.77. The van der Waals surface area contributed by atoms with Crippen LogP contribution in [0.4, 0.5) is 10.5 Å². The number of carbonyl (C=O) groups is 2. The number of amides is 2. The normalized spacial score (nSPS) is 10.2. The second-order valence-corrected chi connectivity index (χ2v) is 5.67. The Morgan fingerprint density at radius 1 is 1.19 bits per heavy atom. The molecule has 0 heterocycles. The number of thioether (sulfide) groups is 1. The molecule has 2 amide bonds. The molecule has 5 nitrogen and oxygen atoms in total. The summed E-state index contributed by atoms with van der Waals surface area (Å²) in [6.07, 6.45) is 2.50. The summed E-state index contributed by atoms with van der Waals surface area (Å²) >= 11 is 1.69. The van der Waals surface area contributed by atoms with Gasteiger partial charge < -0.3 is 10.0 Å². The summed E-state index contributed by atoms with van der Waals surface area (Å²) in [5.41, 5.74) is 0.795. The first-order chi connectivity index (χ1) is 10.1. The number of hydrogen-bond donors (Lipinski definition) is 1. The average molecular weight is 310 g/mol. The fourth-order valence-corrected chi connectivity index (χ4v) is 2.32. The maximum absolute atomic E-state index is 12.5. The quantitative estimate of drug-likeness (QED) is 0.802. The first-order valence-corrected chi connectivity index (χ1v) is 8.24. The highest BCUT2D eigenvalue weighted by Gasteiger charge is 2.19. The van der Waals surface area contributed by atoms with Crippen molar-refractivity contribution in [1.29, 1.82) is 0 Å². The number of anilines is 1. The van der Waals surface area contributed by atoms with Crippen LogP contribution >= 0.6 is 11.8 Å². The average Bonchev–Trinajstić information content (AvgIpc) is 2.49. The van der Waals surface area contributed by atoms with Crippen LogP contribution in [0.3, 0.4) is 0 Å². The minimum absolute atomic E-state index is 0.0607. The minimum Gasteiger partial charge on any atom is -0.481 e. The van der Waals surface area contributed by atoms with E-state index in [1.807, 2.05) is 36.6 Å². The van der Waals surface area contributed by atoms with Crippen molar-refractivity contribution < 1.29 is 14.7 Å². The number of rotatable bonds is 8. The Morgan fingerprint density at radius 2 is 1.86 bits per heavy atom. The van der Waals surface area contributed by atoms with Crippen molar-refractivity contribution in [3.05, 3.63) is 30.3 Å². The van der Waals surface area contributed by atoms with Crippen LogP contribution in [0.5, 0.6) is 0 Å². The molecular weight excluding hydrogens is 288 g/mol. The maximum Gasteiger partial charge on any atom is 0.324 e. The number of aliphatic carboxylic acids is 1. The van der Waals surface area contributed by atoms with E-state index in [1.165, 1.54) is 0 Å². The van der Waals surface area contributed by atoms with Gasteiger partial charge >= 0.3 is 12.0 Å². The monoisotopic (exact) mass is 310 g/mol. The van der Waals surface area contributed by atoms with Crippen molar-refractivity contribution in [2.75, 3.05) is 37.0 Å². The Kier molecular flexibility index (Phi) is 7.68. The molecule has 0 aliphatic carbocycles. The summed E-state index contributed by atoms with van der Waals surface area (Å²) in [6.45, 7) is 1.07. The van der Waals surface area contributed by atoms with Gasteiger partial charge in [-0.25, -0.2) is 4.79 Å². The standard InChI is InChI=1S/C15H22N2O3S/c1-16(11-12-21-2)15(20)17(10-6-9-14(18)19)13-7-4-3-5-8-13/h3-5,7-8H,6,9-12H2,1-2H3,(H,18,19). The van der Waals surface area contributed by atoms with Crippen molar-refractivity contribution in [2.24, 2.45) is 0 Å². The summed E-state index contributed by atoms with van der Waals surface area (Å²) in [5.74, 6) is 0.0335. The molecule has 0 unspecified atom stereocenters. The lowest BCUT2D eigenvalue weighted by molar-refractivity contribution is -0.137. The highest BCUT2D eigenvalue weighted by atomic mass is 32.2. The van der Waals surface area contributed by atoms with Crippen molar-refractivity contribution >= 4 is 29.4 Å². The van der Waals surface area contributed by atoms with Crippen LogP contribution in [0.2, 0.25) is 0 Å². The number of urea groups is 1. The van der Waals surface area contributed by atoms with Crippen LogP contribution in [-0.4, -0.2) is 54.2 Å². The molecule has 1 aromatic carbocycles. The van der Waals surface area contributed by atoms with E-state index in [4.69, 9.17) is 5.11 Å². The summed E-state index contributed by atoms with van der Waals surface area (Å²) in [5, 5.41) is 8.74. The molecule has 0 saturated carbocycles. The number of benzene rings is 1. The number of carboxylic acid groups (broad SMARTS) is 1. The van der Waals surface area contributed by atoms with Crippen molar-refractivity contribution in [2.45, 2.75) is 12.8 Å². The highest BCUT2D eigenvalue weighted by Crippen LogP contribution is 2.16. The molecule has 6 heteroatoms. The van der Waals surface area contributed by atoms with Gasteiger partial charge in [0.2, 0.25) is 0 Å². The topological polar surface area (TPSA) is 60.9 Å². The number of para-hydroxylation sites is 1. The third-order valence-electron chi connectivity index (χ3n) is 3.03. The Balaban J connectivity index is 2.76. The van der Waals surface area contributed by atoms with Gasteiger partial charge in [0, 0.05) is 38.0 Å². The van der Waals surface area contributed by atoms with Gasteiger partial charge in [-0.05, 0) is 24.8 Å². The molecule has 0 aromatic heterocycles. The molecule has 1 aromatic rings. The number of carboxylic acids is 1. The van der Waals surface area contributed by atoms with E-state index >= 15 is 0 Å². The molecule has 0 spiro atoms. The van der Waals surface area contributed by atoms with Gasteiger partial charge in [-0.2, -0.15) is 11.8 Å². The van der Waals surface area contributed by atoms with E-state index in [0.29, 0.717) is 19.5 Å². The van der Waals surface area contributed by atoms with E-state index < -0.39 is 5.97 Å². The van der Waals surface area contributed by atoms with Gasteiger partial charge in [0.1, 0.15) is 0 Å². The lowest BCUT2D eigenvalue weighted by Gasteiger charge is -2.28. The first kappa shape index (κ1) is 17.4. The molecule has 0 radical (unpaired) electrons. The Bertz CT molecular complexity index is 453. The molecule has 0 fully saturated rings. The first-order valence-electron chi connectivity index (χ1n) is 6.84. The van der Waals surface area contributed by atoms with Gasteiger partial charge in [-0.1, -0.05) is 18.2 Å². The molecule has 0 aliphatic rings. The zero-order chi connectivity index (χ0) is 15.7. The van der Waals surface area contributed by atoms with E-state index in [9.17, 15) is 9.59 Å². The van der Waals surface area contributed by atoms with Gasteiger partial charge in [-0.15, -0.1) is 0 Å². The van der Waals surface area contributed by atoms with E-state index in [2.05, 4.69) is 0 Å². The van der Waals surface area contributed by atoms with Gasteiger partial charge in [0.05, 0.1) is 0 Å². The highest BCUT2D eigenvalue weighted by molar-refractivity contribution is 7.98. The van der Waals surface area contributed by atoms with E-state index in [-0.39, 0.29) is 12.5 Å². The molecule has 0 aliphatic heterocycles. The van der Waals surface area contributed by atoms with Crippen LogP contribution in [-0.2, 0) is 4.79 Å². The lowest BCUT2D eigenvalue weighted by atomic mass is 10.2. The van der Waals surface area contributed by atoms with E-state index in [1.54, 1.807) is 28.6 Å². The lowest BCUT2D eigenvalue weighted by Crippen LogP contribution is -2.42. The van der Waals surface area contributed by atoms with Gasteiger partial charge in [0.15, 0.2) is 0 Å². The molecule has 1 N–H and O–H groups in total. The van der Waals surface area contributed by atoms with Crippen LogP contribution in [0.1, 0.15) is 12.8 Å². The summed E-state index contributed by atoms with van der Waals surface area (Å²) in [6, 6.07) is 9.26. The Morgan fingerprint density at radius 3 is 2.43 bits per heavy atom. The van der Waals surface area contributed by atoms with Crippen LogP contribution in [0, 0.1) is 0 Å². The Hall–Kier alpha value is -1.69. The van der Waals surface area contributed by atoms with Crippen molar-refractivity contribution in [3.8, 4) is 0 Å². The van der Waals surface area contributed by atoms with E-state index in [0.717, 1.165) is 11.4 Å². The predicted molar refractivity (Wildman–Crippen MR) is 87.1 cm³/mol. The Labute approximate surface area is 129 Å². The van der Waals surface area contributed by atoms with Crippen LogP contribution in [0.25, 0.3) is 0 Å². The second-order valence-electron chi connectivity index (χ2n) is 4.68. The van der Waals surface area contributed by atoms with Crippen LogP contribution < -0.4 is 4.90 Å². The maximum atomic E-state index is 12.5. The molecule has 116 valence electrons. The molecule has 21 heavy (non-hydrogen) atoms. The molecular formula is C15H22N2O3S. The van der Waals surface area contributed by atoms with Gasteiger partial charge in [0.25, 0.3) is 0 Å². The molecule has 0 saturated heterocycles. The molecule has 0 atom stereocenters. The largest absolute Gasteiger partial charge is 0.481 e.